The van der Waals surface area contributed by atoms with Gasteiger partial charge in [-0.15, -0.1) is 0 Å². The van der Waals surface area contributed by atoms with Gasteiger partial charge in [0, 0.05) is 25.3 Å². The summed E-state index contributed by atoms with van der Waals surface area (Å²) in [6, 6.07) is 9.95. The van der Waals surface area contributed by atoms with Gasteiger partial charge in [0.2, 0.25) is 5.91 Å². The molecule has 0 aromatic heterocycles. The minimum absolute atomic E-state index is 0.00387. The zero-order valence-corrected chi connectivity index (χ0v) is 16.7. The molecule has 1 heterocycles. The second-order valence-corrected chi connectivity index (χ2v) is 7.39. The number of imide groups is 1. The largest absolute Gasteiger partial charge is 0.534 e. The van der Waals surface area contributed by atoms with E-state index in [1.54, 1.807) is 6.08 Å². The molecule has 1 aliphatic heterocycles. The highest BCUT2D eigenvalue weighted by Gasteiger charge is 2.34. The Morgan fingerprint density at radius 1 is 1.03 bits per heavy atom. The van der Waals surface area contributed by atoms with E-state index in [-0.39, 0.29) is 24.7 Å². The van der Waals surface area contributed by atoms with E-state index in [1.165, 1.54) is 5.56 Å². The fraction of sp³-hybridized carbons (Fsp3) is 0.455. The van der Waals surface area contributed by atoms with Crippen molar-refractivity contribution in [1.82, 2.24) is 10.4 Å². The van der Waals surface area contributed by atoms with Crippen LogP contribution in [0.2, 0.25) is 0 Å². The highest BCUT2D eigenvalue weighted by molar-refractivity contribution is 6.01. The lowest BCUT2D eigenvalue weighted by Crippen LogP contribution is -2.35. The fourth-order valence-corrected chi connectivity index (χ4v) is 3.51. The lowest BCUT2D eigenvalue weighted by Gasteiger charge is -2.22. The average molecular weight is 414 g/mol. The molecule has 1 fully saturated rings. The summed E-state index contributed by atoms with van der Waals surface area (Å²) in [5, 5.41) is 3.44. The third-order valence-electron chi connectivity index (χ3n) is 5.18. The Balaban J connectivity index is 1.43. The Kier molecular flexibility index (Phi) is 7.59. The third kappa shape index (κ3) is 6.17. The van der Waals surface area contributed by atoms with Crippen molar-refractivity contribution in [2.75, 3.05) is 6.54 Å². The first-order chi connectivity index (χ1) is 14.5. The number of rotatable bonds is 6. The van der Waals surface area contributed by atoms with E-state index in [9.17, 15) is 19.2 Å². The van der Waals surface area contributed by atoms with Gasteiger partial charge in [0.15, 0.2) is 0 Å². The number of hydroxylamine groups is 2. The molecule has 0 saturated carbocycles. The molecular weight excluding hydrogens is 388 g/mol. The van der Waals surface area contributed by atoms with Gasteiger partial charge >= 0.3 is 6.16 Å². The van der Waals surface area contributed by atoms with Crippen LogP contribution in [-0.4, -0.2) is 41.6 Å². The van der Waals surface area contributed by atoms with Gasteiger partial charge < -0.3 is 10.1 Å². The third-order valence-corrected chi connectivity index (χ3v) is 5.18. The zero-order valence-electron chi connectivity index (χ0n) is 16.7. The van der Waals surface area contributed by atoms with E-state index in [0.717, 1.165) is 12.8 Å². The summed E-state index contributed by atoms with van der Waals surface area (Å²) in [6.07, 6.45) is 5.17. The average Bonchev–Trinajstić information content (AvgIpc) is 3.03. The molecule has 8 heteroatoms. The van der Waals surface area contributed by atoms with Gasteiger partial charge in [-0.1, -0.05) is 41.5 Å². The first-order valence-corrected chi connectivity index (χ1v) is 10.3. The van der Waals surface area contributed by atoms with Crippen molar-refractivity contribution in [3.63, 3.8) is 0 Å². The second-order valence-electron chi connectivity index (χ2n) is 7.39. The molecule has 0 unspecified atom stereocenters. The molecule has 1 aliphatic carbocycles. The SMILES string of the molecule is O=C(O[C@@H]1/C=C/CC[C@H](C(=O)NCCc2ccccc2)CC1)ON1C(=O)CCC1=O. The second kappa shape index (κ2) is 10.6. The summed E-state index contributed by atoms with van der Waals surface area (Å²) in [7, 11) is 0. The van der Waals surface area contributed by atoms with Crippen LogP contribution in [0.25, 0.3) is 0 Å². The first kappa shape index (κ1) is 21.5. The molecule has 1 aromatic rings. The minimum Gasteiger partial charge on any atom is -0.425 e. The predicted molar refractivity (Wildman–Crippen MR) is 107 cm³/mol. The molecule has 1 saturated heterocycles. The smallest absolute Gasteiger partial charge is 0.425 e. The summed E-state index contributed by atoms with van der Waals surface area (Å²) in [5.74, 6) is -1.29. The first-order valence-electron chi connectivity index (χ1n) is 10.3. The van der Waals surface area contributed by atoms with Crippen LogP contribution >= 0.6 is 0 Å². The van der Waals surface area contributed by atoms with Crippen molar-refractivity contribution in [3.8, 4) is 0 Å². The van der Waals surface area contributed by atoms with Crippen molar-refractivity contribution in [2.24, 2.45) is 5.92 Å². The van der Waals surface area contributed by atoms with Crippen LogP contribution in [0, 0.1) is 5.92 Å². The lowest BCUT2D eigenvalue weighted by atomic mass is 9.92. The Hall–Kier alpha value is -3.16. The monoisotopic (exact) mass is 414 g/mol. The van der Waals surface area contributed by atoms with Crippen molar-refractivity contribution in [1.29, 1.82) is 0 Å². The zero-order chi connectivity index (χ0) is 21.3. The normalized spacial score (nSPS) is 22.7. The molecule has 2 atom stereocenters. The summed E-state index contributed by atoms with van der Waals surface area (Å²) in [4.78, 5) is 52.3. The van der Waals surface area contributed by atoms with Crippen molar-refractivity contribution in [2.45, 2.75) is 51.0 Å². The number of nitrogens with one attached hydrogen (secondary N) is 1. The van der Waals surface area contributed by atoms with E-state index in [1.807, 2.05) is 36.4 Å². The summed E-state index contributed by atoms with van der Waals surface area (Å²) in [6.45, 7) is 0.569. The van der Waals surface area contributed by atoms with E-state index >= 15 is 0 Å². The molecule has 0 spiro atoms. The number of hydrogen-bond donors (Lipinski definition) is 1. The van der Waals surface area contributed by atoms with Crippen molar-refractivity contribution < 1.29 is 28.8 Å². The molecule has 1 N–H and O–H groups in total. The van der Waals surface area contributed by atoms with E-state index in [0.29, 0.717) is 30.9 Å². The molecule has 160 valence electrons. The number of carbonyl (C=O) groups is 4. The summed E-state index contributed by atoms with van der Waals surface area (Å²) < 4.78 is 5.23. The maximum absolute atomic E-state index is 12.5. The Morgan fingerprint density at radius 2 is 1.77 bits per heavy atom. The van der Waals surface area contributed by atoms with Crippen LogP contribution in [0.3, 0.4) is 0 Å². The fourth-order valence-electron chi connectivity index (χ4n) is 3.51. The van der Waals surface area contributed by atoms with Gasteiger partial charge in [0.1, 0.15) is 6.10 Å². The van der Waals surface area contributed by atoms with Gasteiger partial charge in [-0.2, -0.15) is 0 Å². The number of benzene rings is 1. The van der Waals surface area contributed by atoms with E-state index in [4.69, 9.17) is 9.57 Å². The van der Waals surface area contributed by atoms with E-state index in [2.05, 4.69) is 5.32 Å². The maximum Gasteiger partial charge on any atom is 0.534 e. The van der Waals surface area contributed by atoms with Gasteiger partial charge in [0.25, 0.3) is 11.8 Å². The molecule has 30 heavy (non-hydrogen) atoms. The number of carbonyl (C=O) groups excluding carboxylic acids is 4. The van der Waals surface area contributed by atoms with E-state index < -0.39 is 24.1 Å². The molecule has 0 radical (unpaired) electrons. The van der Waals surface area contributed by atoms with Gasteiger partial charge in [-0.3, -0.25) is 19.2 Å². The van der Waals surface area contributed by atoms with Crippen LogP contribution in [0.15, 0.2) is 42.5 Å². The van der Waals surface area contributed by atoms with Crippen LogP contribution < -0.4 is 5.32 Å². The van der Waals surface area contributed by atoms with Crippen LogP contribution in [0.5, 0.6) is 0 Å². The van der Waals surface area contributed by atoms with Crippen molar-refractivity contribution >= 4 is 23.9 Å². The minimum atomic E-state index is -1.10. The maximum atomic E-state index is 12.5. The standard InChI is InChI=1S/C22H26N2O6/c25-19-12-13-20(26)24(19)30-22(28)29-18-9-5-4-8-17(10-11-18)21(27)23-15-14-16-6-2-1-3-7-16/h1-3,5-7,9,17-18H,4,8,10-15H2,(H,23,27)/b9-5+/t17-,18+/m0/s1. The molecular formula is C22H26N2O6. The molecule has 3 amide bonds. The molecule has 1 aromatic carbocycles. The molecule has 3 rings (SSSR count). The quantitative estimate of drug-likeness (QED) is 0.436. The Bertz CT molecular complexity index is 791. The molecule has 8 nitrogen and oxygen atoms in total. The summed E-state index contributed by atoms with van der Waals surface area (Å²) >= 11 is 0. The Morgan fingerprint density at radius 3 is 2.50 bits per heavy atom. The number of ether oxygens (including phenoxy) is 1. The topological polar surface area (TPSA) is 102 Å². The van der Waals surface area contributed by atoms with Gasteiger partial charge in [-0.25, -0.2) is 4.79 Å². The molecule has 0 bridgehead atoms. The van der Waals surface area contributed by atoms with Crippen LogP contribution in [0.4, 0.5) is 4.79 Å². The summed E-state index contributed by atoms with van der Waals surface area (Å²) in [5.41, 5.74) is 1.17. The molecule has 2 aliphatic rings. The highest BCUT2D eigenvalue weighted by Crippen LogP contribution is 2.22. The lowest BCUT2D eigenvalue weighted by molar-refractivity contribution is -0.178. The Labute approximate surface area is 175 Å². The number of allylic oxidation sites excluding steroid dienone is 1. The number of nitrogens with zero attached hydrogens (tertiary/aromatic N) is 1. The highest BCUT2D eigenvalue weighted by atomic mass is 16.8. The van der Waals surface area contributed by atoms with Crippen LogP contribution in [-0.2, 0) is 30.4 Å². The van der Waals surface area contributed by atoms with Crippen molar-refractivity contribution in [3.05, 3.63) is 48.0 Å². The van der Waals surface area contributed by atoms with Gasteiger partial charge in [-0.05, 0) is 43.7 Å². The predicted octanol–water partition coefficient (Wildman–Crippen LogP) is 2.68. The van der Waals surface area contributed by atoms with Crippen LogP contribution in [0.1, 0.15) is 44.1 Å². The van der Waals surface area contributed by atoms with Gasteiger partial charge in [0.05, 0.1) is 0 Å². The number of amides is 3. The number of hydrogen-bond acceptors (Lipinski definition) is 6.